The van der Waals surface area contributed by atoms with Gasteiger partial charge in [0, 0.05) is 23.0 Å². The predicted octanol–water partition coefficient (Wildman–Crippen LogP) is 5.26. The van der Waals surface area contributed by atoms with Crippen LogP contribution in [0.25, 0.3) is 10.6 Å². The fourth-order valence-corrected chi connectivity index (χ4v) is 4.55. The molecule has 1 aromatic carbocycles. The third-order valence-electron chi connectivity index (χ3n) is 5.12. The zero-order chi connectivity index (χ0) is 20.6. The Morgan fingerprint density at radius 3 is 2.69 bits per heavy atom. The average molecular weight is 479 g/mol. The lowest BCUT2D eigenvalue weighted by atomic mass is 10.1. The van der Waals surface area contributed by atoms with Gasteiger partial charge in [0.1, 0.15) is 11.0 Å². The highest BCUT2D eigenvalue weighted by atomic mass is 79.9. The van der Waals surface area contributed by atoms with E-state index in [2.05, 4.69) is 38.4 Å². The molecule has 2 amide bonds. The van der Waals surface area contributed by atoms with Gasteiger partial charge in [-0.2, -0.15) is 0 Å². The molecule has 2 heterocycles. The molecule has 1 saturated heterocycles. The van der Waals surface area contributed by atoms with Crippen LogP contribution in [0.15, 0.2) is 28.7 Å². The second-order valence-electron chi connectivity index (χ2n) is 7.32. The number of unbranched alkanes of at least 4 members (excludes halogenated alkanes) is 4. The molecule has 3 rings (SSSR count). The molecule has 8 heteroatoms. The standard InChI is InChI=1S/C21H27BrN4O2S/c1-2-3-4-5-6-9-18(27)26-14-7-8-17(26)19(28)23-21-25-24-20(29-21)15-10-12-16(22)13-11-15/h10-13,17H,2-9,14H2,1H3,(H,23,25,28)/t17-/m0/s1. The van der Waals surface area contributed by atoms with Crippen LogP contribution in [0.1, 0.15) is 58.3 Å². The lowest BCUT2D eigenvalue weighted by Crippen LogP contribution is -2.43. The number of nitrogens with zero attached hydrogens (tertiary/aromatic N) is 3. The van der Waals surface area contributed by atoms with Crippen molar-refractivity contribution in [2.75, 3.05) is 11.9 Å². The fraction of sp³-hybridized carbons (Fsp3) is 0.524. The summed E-state index contributed by atoms with van der Waals surface area (Å²) in [5, 5.41) is 12.3. The second-order valence-corrected chi connectivity index (χ2v) is 9.21. The molecule has 0 unspecified atom stereocenters. The number of amides is 2. The first kappa shape index (κ1) is 21.9. The van der Waals surface area contributed by atoms with E-state index >= 15 is 0 Å². The highest BCUT2D eigenvalue weighted by molar-refractivity contribution is 9.10. The van der Waals surface area contributed by atoms with E-state index in [1.54, 1.807) is 4.90 Å². The number of carbonyl (C=O) groups is 2. The van der Waals surface area contributed by atoms with Crippen LogP contribution in [0.3, 0.4) is 0 Å². The molecule has 1 aliphatic heterocycles. The van der Waals surface area contributed by atoms with Gasteiger partial charge in [-0.15, -0.1) is 10.2 Å². The number of benzene rings is 1. The van der Waals surface area contributed by atoms with Crippen molar-refractivity contribution in [1.82, 2.24) is 15.1 Å². The number of hydrogen-bond donors (Lipinski definition) is 1. The normalized spacial score (nSPS) is 16.2. The Hall–Kier alpha value is -1.80. The van der Waals surface area contributed by atoms with E-state index in [-0.39, 0.29) is 11.8 Å². The van der Waals surface area contributed by atoms with Crippen LogP contribution in [-0.2, 0) is 9.59 Å². The lowest BCUT2D eigenvalue weighted by Gasteiger charge is -2.23. The maximum absolute atomic E-state index is 12.8. The van der Waals surface area contributed by atoms with Crippen molar-refractivity contribution in [2.24, 2.45) is 0 Å². The van der Waals surface area contributed by atoms with E-state index < -0.39 is 6.04 Å². The second kappa shape index (κ2) is 10.8. The molecule has 1 aliphatic rings. The molecule has 0 bridgehead atoms. The Morgan fingerprint density at radius 1 is 1.17 bits per heavy atom. The number of carbonyl (C=O) groups excluding carboxylic acids is 2. The molecule has 1 fully saturated rings. The van der Waals surface area contributed by atoms with Crippen molar-refractivity contribution in [3.8, 4) is 10.6 Å². The third-order valence-corrected chi connectivity index (χ3v) is 6.53. The van der Waals surface area contributed by atoms with E-state index in [9.17, 15) is 9.59 Å². The van der Waals surface area contributed by atoms with Gasteiger partial charge in [0.05, 0.1) is 0 Å². The molecule has 0 radical (unpaired) electrons. The van der Waals surface area contributed by atoms with Crippen LogP contribution in [-0.4, -0.2) is 39.5 Å². The number of anilines is 1. The molecule has 0 spiro atoms. The van der Waals surface area contributed by atoms with Gasteiger partial charge in [0.2, 0.25) is 16.9 Å². The van der Waals surface area contributed by atoms with Gasteiger partial charge in [-0.05, 0) is 31.4 Å². The molecule has 1 N–H and O–H groups in total. The van der Waals surface area contributed by atoms with E-state index in [0.29, 0.717) is 24.5 Å². The number of aromatic nitrogens is 2. The third kappa shape index (κ3) is 6.09. The van der Waals surface area contributed by atoms with Crippen molar-refractivity contribution in [1.29, 1.82) is 0 Å². The molecule has 1 aromatic heterocycles. The number of hydrogen-bond acceptors (Lipinski definition) is 5. The summed E-state index contributed by atoms with van der Waals surface area (Å²) in [5.74, 6) is -0.0766. The monoisotopic (exact) mass is 478 g/mol. The van der Waals surface area contributed by atoms with Crippen molar-refractivity contribution in [3.63, 3.8) is 0 Å². The molecular formula is C21H27BrN4O2S. The van der Waals surface area contributed by atoms with Crippen LogP contribution in [0.2, 0.25) is 0 Å². The SMILES string of the molecule is CCCCCCCC(=O)N1CCC[C@H]1C(=O)Nc1nnc(-c2ccc(Br)cc2)s1. The van der Waals surface area contributed by atoms with Gasteiger partial charge in [-0.1, -0.05) is 72.0 Å². The Bertz CT molecular complexity index is 824. The summed E-state index contributed by atoms with van der Waals surface area (Å²) in [4.78, 5) is 27.1. The Kier molecular flexibility index (Phi) is 8.18. The van der Waals surface area contributed by atoms with Crippen LogP contribution in [0, 0.1) is 0 Å². The zero-order valence-electron chi connectivity index (χ0n) is 16.7. The minimum absolute atomic E-state index is 0.0898. The van der Waals surface area contributed by atoms with Crippen molar-refractivity contribution in [3.05, 3.63) is 28.7 Å². The fourth-order valence-electron chi connectivity index (χ4n) is 3.53. The molecular weight excluding hydrogens is 452 g/mol. The average Bonchev–Trinajstić information content (AvgIpc) is 3.38. The van der Waals surface area contributed by atoms with Gasteiger partial charge in [-0.25, -0.2) is 0 Å². The Morgan fingerprint density at radius 2 is 1.93 bits per heavy atom. The van der Waals surface area contributed by atoms with Gasteiger partial charge in [0.25, 0.3) is 0 Å². The largest absolute Gasteiger partial charge is 0.331 e. The highest BCUT2D eigenvalue weighted by Gasteiger charge is 2.34. The Balaban J connectivity index is 1.54. The van der Waals surface area contributed by atoms with Crippen LogP contribution in [0.5, 0.6) is 0 Å². The summed E-state index contributed by atoms with van der Waals surface area (Å²) in [6.07, 6.45) is 7.65. The minimum Gasteiger partial charge on any atom is -0.331 e. The maximum Gasteiger partial charge on any atom is 0.249 e. The molecule has 0 aliphatic carbocycles. The van der Waals surface area contributed by atoms with Crippen molar-refractivity contribution >= 4 is 44.2 Å². The number of nitrogens with one attached hydrogen (secondary N) is 1. The first-order valence-electron chi connectivity index (χ1n) is 10.3. The van der Waals surface area contributed by atoms with Gasteiger partial charge in [-0.3, -0.25) is 14.9 Å². The summed E-state index contributed by atoms with van der Waals surface area (Å²) in [6.45, 7) is 2.84. The summed E-state index contributed by atoms with van der Waals surface area (Å²) in [5.41, 5.74) is 0.951. The molecule has 156 valence electrons. The lowest BCUT2D eigenvalue weighted by molar-refractivity contribution is -0.136. The first-order valence-corrected chi connectivity index (χ1v) is 11.9. The van der Waals surface area contributed by atoms with Crippen LogP contribution >= 0.6 is 27.3 Å². The van der Waals surface area contributed by atoms with Gasteiger partial charge < -0.3 is 4.90 Å². The van der Waals surface area contributed by atoms with Gasteiger partial charge in [0.15, 0.2) is 0 Å². The summed E-state index contributed by atoms with van der Waals surface area (Å²) in [6, 6.07) is 7.39. The number of likely N-dealkylation sites (tertiary alicyclic amines) is 1. The Labute approximate surface area is 184 Å². The highest BCUT2D eigenvalue weighted by Crippen LogP contribution is 2.28. The van der Waals surface area contributed by atoms with E-state index in [4.69, 9.17) is 0 Å². The van der Waals surface area contributed by atoms with E-state index in [1.165, 1.54) is 30.6 Å². The molecule has 0 saturated carbocycles. The number of halogens is 1. The number of rotatable bonds is 9. The molecule has 2 aromatic rings. The topological polar surface area (TPSA) is 75.2 Å². The van der Waals surface area contributed by atoms with Crippen LogP contribution in [0.4, 0.5) is 5.13 Å². The smallest absolute Gasteiger partial charge is 0.249 e. The van der Waals surface area contributed by atoms with E-state index in [1.807, 2.05) is 24.3 Å². The summed E-state index contributed by atoms with van der Waals surface area (Å²) >= 11 is 4.75. The summed E-state index contributed by atoms with van der Waals surface area (Å²) in [7, 11) is 0. The molecule has 29 heavy (non-hydrogen) atoms. The quantitative estimate of drug-likeness (QED) is 0.498. The minimum atomic E-state index is -0.404. The maximum atomic E-state index is 12.8. The zero-order valence-corrected chi connectivity index (χ0v) is 19.1. The van der Waals surface area contributed by atoms with Crippen molar-refractivity contribution in [2.45, 2.75) is 64.3 Å². The van der Waals surface area contributed by atoms with Crippen LogP contribution < -0.4 is 5.32 Å². The summed E-state index contributed by atoms with van der Waals surface area (Å²) < 4.78 is 0.996. The van der Waals surface area contributed by atoms with Gasteiger partial charge >= 0.3 is 0 Å². The molecule has 6 nitrogen and oxygen atoms in total. The molecule has 1 atom stereocenters. The van der Waals surface area contributed by atoms with Crippen molar-refractivity contribution < 1.29 is 9.59 Å². The van der Waals surface area contributed by atoms with E-state index in [0.717, 1.165) is 34.3 Å². The first-order chi connectivity index (χ1) is 14.1. The predicted molar refractivity (Wildman–Crippen MR) is 120 cm³/mol.